The lowest BCUT2D eigenvalue weighted by Crippen LogP contribution is -2.37. The van der Waals surface area contributed by atoms with Crippen molar-refractivity contribution in [1.82, 2.24) is 0 Å². The number of hydrogen-bond donors (Lipinski definition) is 0. The van der Waals surface area contributed by atoms with Crippen molar-refractivity contribution >= 4 is 0 Å². The van der Waals surface area contributed by atoms with Gasteiger partial charge in [0.05, 0.1) is 0 Å². The van der Waals surface area contributed by atoms with E-state index in [1.165, 1.54) is 38.5 Å². The van der Waals surface area contributed by atoms with E-state index < -0.39 is 5.97 Å². The molecule has 0 saturated heterocycles. The summed E-state index contributed by atoms with van der Waals surface area (Å²) in [7, 11) is 4.88. The van der Waals surface area contributed by atoms with Crippen molar-refractivity contribution in [3.63, 3.8) is 0 Å². The Morgan fingerprint density at radius 2 is 1.41 bits per heavy atom. The maximum absolute atomic E-state index is 5.31. The fourth-order valence-corrected chi connectivity index (χ4v) is 2.13. The molecule has 0 bridgehead atoms. The first-order chi connectivity index (χ1) is 8.14. The Labute approximate surface area is 107 Å². The van der Waals surface area contributed by atoms with Crippen LogP contribution in [0.4, 0.5) is 0 Å². The topological polar surface area (TPSA) is 27.7 Å². The first-order valence-corrected chi connectivity index (χ1v) is 6.79. The molecule has 0 N–H and O–H groups in total. The van der Waals surface area contributed by atoms with Crippen LogP contribution in [0.5, 0.6) is 0 Å². The number of methoxy groups -OCH3 is 3. The fraction of sp³-hybridized carbons (Fsp3) is 1.00. The van der Waals surface area contributed by atoms with Gasteiger partial charge in [0.25, 0.3) is 5.97 Å². The van der Waals surface area contributed by atoms with Crippen LogP contribution in [0.3, 0.4) is 0 Å². The van der Waals surface area contributed by atoms with Crippen molar-refractivity contribution in [3.05, 3.63) is 0 Å². The van der Waals surface area contributed by atoms with Crippen molar-refractivity contribution in [1.29, 1.82) is 0 Å². The highest BCUT2D eigenvalue weighted by Gasteiger charge is 2.31. The van der Waals surface area contributed by atoms with E-state index >= 15 is 0 Å². The highest BCUT2D eigenvalue weighted by atomic mass is 16.9. The normalized spacial score (nSPS) is 13.9. The van der Waals surface area contributed by atoms with Crippen LogP contribution in [-0.2, 0) is 14.2 Å². The third kappa shape index (κ3) is 7.02. The molecule has 104 valence electrons. The summed E-state index contributed by atoms with van der Waals surface area (Å²) in [6, 6.07) is 0. The van der Waals surface area contributed by atoms with Crippen molar-refractivity contribution in [2.45, 2.75) is 64.8 Å². The highest BCUT2D eigenvalue weighted by Crippen LogP contribution is 2.25. The maximum atomic E-state index is 5.31. The van der Waals surface area contributed by atoms with Crippen LogP contribution in [-0.4, -0.2) is 27.3 Å². The van der Waals surface area contributed by atoms with Gasteiger partial charge in [-0.3, -0.25) is 0 Å². The Hall–Kier alpha value is -0.120. The van der Waals surface area contributed by atoms with E-state index in [9.17, 15) is 0 Å². The van der Waals surface area contributed by atoms with E-state index in [1.807, 2.05) is 0 Å². The Bertz CT molecular complexity index is 159. The van der Waals surface area contributed by atoms with Gasteiger partial charge >= 0.3 is 0 Å². The zero-order valence-corrected chi connectivity index (χ0v) is 12.3. The van der Waals surface area contributed by atoms with Crippen molar-refractivity contribution in [2.75, 3.05) is 21.3 Å². The largest absolute Gasteiger partial charge is 0.331 e. The van der Waals surface area contributed by atoms with Crippen LogP contribution in [0.2, 0.25) is 0 Å². The Morgan fingerprint density at radius 3 is 1.88 bits per heavy atom. The number of unbranched alkanes of at least 4 members (excludes halogenated alkanes) is 4. The van der Waals surface area contributed by atoms with Crippen LogP contribution in [0.15, 0.2) is 0 Å². The summed E-state index contributed by atoms with van der Waals surface area (Å²) < 4.78 is 15.9. The summed E-state index contributed by atoms with van der Waals surface area (Å²) in [6.45, 7) is 4.47. The predicted molar refractivity (Wildman–Crippen MR) is 70.9 cm³/mol. The van der Waals surface area contributed by atoms with Crippen molar-refractivity contribution in [3.8, 4) is 0 Å². The van der Waals surface area contributed by atoms with Crippen LogP contribution in [0, 0.1) is 5.92 Å². The highest BCUT2D eigenvalue weighted by molar-refractivity contribution is 4.63. The quantitative estimate of drug-likeness (QED) is 0.408. The molecule has 0 radical (unpaired) electrons. The zero-order chi connectivity index (χ0) is 13.1. The van der Waals surface area contributed by atoms with Crippen molar-refractivity contribution in [2.24, 2.45) is 5.92 Å². The van der Waals surface area contributed by atoms with E-state index in [-0.39, 0.29) is 0 Å². The Balaban J connectivity index is 3.79. The van der Waals surface area contributed by atoms with Gasteiger partial charge in [-0.15, -0.1) is 0 Å². The van der Waals surface area contributed by atoms with Crippen molar-refractivity contribution < 1.29 is 14.2 Å². The molecular formula is C14H30O3. The van der Waals surface area contributed by atoms with Crippen LogP contribution in [0.1, 0.15) is 58.8 Å². The first kappa shape index (κ1) is 16.9. The summed E-state index contributed by atoms with van der Waals surface area (Å²) in [5, 5.41) is 0. The van der Waals surface area contributed by atoms with Gasteiger partial charge in [0, 0.05) is 27.8 Å². The van der Waals surface area contributed by atoms with E-state index in [1.54, 1.807) is 21.3 Å². The standard InChI is InChI=1S/C14H30O3/c1-6-7-8-9-10-11-13(2)12-14(15-3,16-4)17-5/h13H,6-12H2,1-5H3. The Kier molecular flexibility index (Phi) is 9.79. The minimum absolute atomic E-state index is 0.552. The van der Waals surface area contributed by atoms with Gasteiger partial charge in [-0.1, -0.05) is 52.4 Å². The molecule has 0 aliphatic rings. The maximum Gasteiger partial charge on any atom is 0.282 e. The smallest absolute Gasteiger partial charge is 0.282 e. The van der Waals surface area contributed by atoms with Gasteiger partial charge in [-0.25, -0.2) is 0 Å². The summed E-state index contributed by atoms with van der Waals surface area (Å²) in [4.78, 5) is 0. The van der Waals surface area contributed by atoms with E-state index in [4.69, 9.17) is 14.2 Å². The monoisotopic (exact) mass is 246 g/mol. The van der Waals surface area contributed by atoms with E-state index in [0.29, 0.717) is 5.92 Å². The lowest BCUT2D eigenvalue weighted by Gasteiger charge is -2.31. The minimum atomic E-state index is -0.858. The van der Waals surface area contributed by atoms with Crippen LogP contribution in [0.25, 0.3) is 0 Å². The second-order valence-electron chi connectivity index (χ2n) is 4.81. The van der Waals surface area contributed by atoms with Gasteiger partial charge in [0.1, 0.15) is 0 Å². The molecule has 0 spiro atoms. The molecular weight excluding hydrogens is 216 g/mol. The van der Waals surface area contributed by atoms with Gasteiger partial charge in [0.2, 0.25) is 0 Å². The first-order valence-electron chi connectivity index (χ1n) is 6.79. The molecule has 17 heavy (non-hydrogen) atoms. The third-order valence-electron chi connectivity index (χ3n) is 3.33. The lowest BCUT2D eigenvalue weighted by atomic mass is 9.98. The van der Waals surface area contributed by atoms with Crippen LogP contribution >= 0.6 is 0 Å². The Morgan fingerprint density at radius 1 is 0.882 bits per heavy atom. The summed E-state index contributed by atoms with van der Waals surface area (Å²) >= 11 is 0. The molecule has 3 heteroatoms. The number of ether oxygens (including phenoxy) is 3. The molecule has 0 aliphatic heterocycles. The summed E-state index contributed by atoms with van der Waals surface area (Å²) in [5.74, 6) is -0.306. The molecule has 0 rings (SSSR count). The van der Waals surface area contributed by atoms with Gasteiger partial charge in [0.15, 0.2) is 0 Å². The molecule has 0 saturated carbocycles. The third-order valence-corrected chi connectivity index (χ3v) is 3.33. The van der Waals surface area contributed by atoms with E-state index in [0.717, 1.165) is 6.42 Å². The van der Waals surface area contributed by atoms with Gasteiger partial charge in [-0.05, 0) is 5.92 Å². The van der Waals surface area contributed by atoms with Crippen LogP contribution < -0.4 is 0 Å². The predicted octanol–water partition coefficient (Wildman–Crippen LogP) is 3.97. The SMILES string of the molecule is CCCCCCCC(C)CC(OC)(OC)OC. The fourth-order valence-electron chi connectivity index (χ4n) is 2.13. The second kappa shape index (κ2) is 9.86. The molecule has 0 aromatic heterocycles. The zero-order valence-electron chi connectivity index (χ0n) is 12.3. The molecule has 0 amide bonds. The van der Waals surface area contributed by atoms with Gasteiger partial charge < -0.3 is 14.2 Å². The molecule has 3 nitrogen and oxygen atoms in total. The lowest BCUT2D eigenvalue weighted by molar-refractivity contribution is -0.359. The van der Waals surface area contributed by atoms with Gasteiger partial charge in [-0.2, -0.15) is 0 Å². The molecule has 0 aromatic carbocycles. The number of hydrogen-bond acceptors (Lipinski definition) is 3. The summed E-state index contributed by atoms with van der Waals surface area (Å²) in [6.07, 6.45) is 8.62. The summed E-state index contributed by atoms with van der Waals surface area (Å²) in [5.41, 5.74) is 0. The molecule has 1 unspecified atom stereocenters. The van der Waals surface area contributed by atoms with E-state index in [2.05, 4.69) is 13.8 Å². The average molecular weight is 246 g/mol. The molecule has 1 atom stereocenters. The molecule has 0 aliphatic carbocycles. The minimum Gasteiger partial charge on any atom is -0.331 e. The molecule has 0 aromatic rings. The number of rotatable bonds is 11. The molecule has 0 fully saturated rings. The molecule has 0 heterocycles. The second-order valence-corrected chi connectivity index (χ2v) is 4.81. The average Bonchev–Trinajstić information content (AvgIpc) is 2.36.